The van der Waals surface area contributed by atoms with Crippen molar-refractivity contribution in [1.82, 2.24) is 0 Å². The van der Waals surface area contributed by atoms with Crippen molar-refractivity contribution in [3.63, 3.8) is 0 Å². The third kappa shape index (κ3) is 3.46. The number of benzene rings is 1. The molecule has 0 bridgehead atoms. The minimum absolute atomic E-state index is 0.0592. The van der Waals surface area contributed by atoms with Gasteiger partial charge in [-0.1, -0.05) is 12.1 Å². The van der Waals surface area contributed by atoms with Gasteiger partial charge in [-0.05, 0) is 19.1 Å². The van der Waals surface area contributed by atoms with Crippen LogP contribution in [0.3, 0.4) is 0 Å². The standard InChI is InChI=1S/C13H12N2O3/c1-9(16)10-4-3-5-12(6-10)15-8-11(7-14)13(17)18-2/h3-6,8,15H,1-2H3/b11-8-. The van der Waals surface area contributed by atoms with E-state index in [2.05, 4.69) is 10.1 Å². The third-order valence-corrected chi connectivity index (χ3v) is 2.18. The van der Waals surface area contributed by atoms with E-state index in [0.29, 0.717) is 11.3 Å². The summed E-state index contributed by atoms with van der Waals surface area (Å²) < 4.78 is 4.43. The minimum atomic E-state index is -0.715. The number of rotatable bonds is 4. The molecule has 92 valence electrons. The van der Waals surface area contributed by atoms with E-state index in [-0.39, 0.29) is 11.4 Å². The predicted molar refractivity (Wildman–Crippen MR) is 65.8 cm³/mol. The van der Waals surface area contributed by atoms with Crippen molar-refractivity contribution in [2.24, 2.45) is 0 Å². The highest BCUT2D eigenvalue weighted by atomic mass is 16.5. The zero-order valence-electron chi connectivity index (χ0n) is 10.1. The normalized spacial score (nSPS) is 10.4. The molecule has 0 amide bonds. The van der Waals surface area contributed by atoms with Crippen LogP contribution in [-0.2, 0) is 9.53 Å². The second-order valence-electron chi connectivity index (χ2n) is 3.44. The molecule has 0 aliphatic heterocycles. The van der Waals surface area contributed by atoms with E-state index < -0.39 is 5.97 Å². The van der Waals surface area contributed by atoms with Gasteiger partial charge in [0.1, 0.15) is 6.07 Å². The Balaban J connectivity index is 2.89. The highest BCUT2D eigenvalue weighted by Gasteiger charge is 2.07. The van der Waals surface area contributed by atoms with E-state index in [1.807, 2.05) is 0 Å². The van der Waals surface area contributed by atoms with Crippen LogP contribution in [-0.4, -0.2) is 18.9 Å². The average molecular weight is 244 g/mol. The van der Waals surface area contributed by atoms with Gasteiger partial charge in [0.2, 0.25) is 0 Å². The molecular weight excluding hydrogens is 232 g/mol. The van der Waals surface area contributed by atoms with Gasteiger partial charge in [-0.3, -0.25) is 4.79 Å². The maximum absolute atomic E-state index is 11.2. The Morgan fingerprint density at radius 3 is 2.72 bits per heavy atom. The molecule has 1 rings (SSSR count). The van der Waals surface area contributed by atoms with E-state index >= 15 is 0 Å². The van der Waals surface area contributed by atoms with Gasteiger partial charge in [0.15, 0.2) is 11.4 Å². The molecule has 5 heteroatoms. The first kappa shape index (κ1) is 13.5. The van der Waals surface area contributed by atoms with Gasteiger partial charge in [-0.25, -0.2) is 4.79 Å². The number of carbonyl (C=O) groups is 2. The van der Waals surface area contributed by atoms with Crippen molar-refractivity contribution in [1.29, 1.82) is 5.26 Å². The molecule has 1 aromatic rings. The summed E-state index contributed by atoms with van der Waals surface area (Å²) in [4.78, 5) is 22.3. The monoisotopic (exact) mass is 244 g/mol. The predicted octanol–water partition coefficient (Wildman–Crippen LogP) is 1.88. The summed E-state index contributed by atoms with van der Waals surface area (Å²) in [5.41, 5.74) is 1.01. The molecule has 0 fully saturated rings. The van der Waals surface area contributed by atoms with Crippen LogP contribution in [0.2, 0.25) is 0 Å². The number of nitriles is 1. The Labute approximate surface area is 105 Å². The van der Waals surface area contributed by atoms with Gasteiger partial charge in [0.25, 0.3) is 0 Å². The first-order valence-electron chi connectivity index (χ1n) is 5.14. The SMILES string of the molecule is COC(=O)/C(C#N)=C\Nc1cccc(C(C)=O)c1. The van der Waals surface area contributed by atoms with Gasteiger partial charge in [0, 0.05) is 17.5 Å². The van der Waals surface area contributed by atoms with Gasteiger partial charge >= 0.3 is 5.97 Å². The maximum atomic E-state index is 11.2. The Bertz CT molecular complexity index is 541. The lowest BCUT2D eigenvalue weighted by molar-refractivity contribution is -0.135. The number of anilines is 1. The van der Waals surface area contributed by atoms with Crippen LogP contribution >= 0.6 is 0 Å². The van der Waals surface area contributed by atoms with Gasteiger partial charge in [-0.15, -0.1) is 0 Å². The summed E-state index contributed by atoms with van der Waals surface area (Å²) in [5.74, 6) is -0.774. The Morgan fingerprint density at radius 1 is 1.44 bits per heavy atom. The van der Waals surface area contributed by atoms with Crippen LogP contribution in [0.15, 0.2) is 36.0 Å². The Morgan fingerprint density at radius 2 is 2.17 bits per heavy atom. The fourth-order valence-corrected chi connectivity index (χ4v) is 1.23. The smallest absolute Gasteiger partial charge is 0.350 e. The number of esters is 1. The van der Waals surface area contributed by atoms with Crippen LogP contribution in [0.25, 0.3) is 0 Å². The van der Waals surface area contributed by atoms with Crippen molar-refractivity contribution in [2.75, 3.05) is 12.4 Å². The zero-order valence-corrected chi connectivity index (χ0v) is 10.1. The van der Waals surface area contributed by atoms with E-state index in [1.54, 1.807) is 30.3 Å². The molecule has 0 atom stereocenters. The fourth-order valence-electron chi connectivity index (χ4n) is 1.23. The van der Waals surface area contributed by atoms with Crippen LogP contribution in [0.5, 0.6) is 0 Å². The molecule has 0 saturated heterocycles. The second-order valence-corrected chi connectivity index (χ2v) is 3.44. The number of hydrogen-bond donors (Lipinski definition) is 1. The summed E-state index contributed by atoms with van der Waals surface area (Å²) in [6.45, 7) is 1.46. The molecule has 0 aromatic heterocycles. The summed E-state index contributed by atoms with van der Waals surface area (Å²) in [6.07, 6.45) is 1.24. The average Bonchev–Trinajstić information content (AvgIpc) is 2.39. The number of ether oxygens (including phenoxy) is 1. The van der Waals surface area contributed by atoms with Crippen molar-refractivity contribution in [3.05, 3.63) is 41.6 Å². The van der Waals surface area contributed by atoms with Crippen LogP contribution in [0.4, 0.5) is 5.69 Å². The van der Waals surface area contributed by atoms with E-state index in [0.717, 1.165) is 0 Å². The molecule has 1 N–H and O–H groups in total. The Hall–Kier alpha value is -2.61. The first-order valence-corrected chi connectivity index (χ1v) is 5.14. The summed E-state index contributed by atoms with van der Waals surface area (Å²) >= 11 is 0. The van der Waals surface area contributed by atoms with Crippen LogP contribution < -0.4 is 5.32 Å². The molecule has 0 aliphatic carbocycles. The molecule has 5 nitrogen and oxygen atoms in total. The first-order chi connectivity index (χ1) is 8.58. The fraction of sp³-hybridized carbons (Fsp3) is 0.154. The zero-order chi connectivity index (χ0) is 13.5. The van der Waals surface area contributed by atoms with Crippen molar-refractivity contribution < 1.29 is 14.3 Å². The topological polar surface area (TPSA) is 79.2 Å². The number of methoxy groups -OCH3 is 1. The molecule has 1 aromatic carbocycles. The molecule has 0 unspecified atom stereocenters. The lowest BCUT2D eigenvalue weighted by atomic mass is 10.1. The molecular formula is C13H12N2O3. The van der Waals surface area contributed by atoms with Crippen molar-refractivity contribution in [2.45, 2.75) is 6.92 Å². The lowest BCUT2D eigenvalue weighted by Crippen LogP contribution is -2.05. The Kier molecular flexibility index (Phi) is 4.64. The van der Waals surface area contributed by atoms with Gasteiger partial charge in [0.05, 0.1) is 7.11 Å². The minimum Gasteiger partial charge on any atom is -0.465 e. The molecule has 0 radical (unpaired) electrons. The van der Waals surface area contributed by atoms with E-state index in [9.17, 15) is 9.59 Å². The summed E-state index contributed by atoms with van der Waals surface area (Å²) in [5, 5.41) is 11.5. The number of Topliss-reactive ketones (excluding diaryl/α,β-unsaturated/α-hetero) is 1. The quantitative estimate of drug-likeness (QED) is 0.378. The van der Waals surface area contributed by atoms with Crippen molar-refractivity contribution >= 4 is 17.4 Å². The molecule has 0 heterocycles. The lowest BCUT2D eigenvalue weighted by Gasteiger charge is -2.03. The van der Waals surface area contributed by atoms with E-state index in [1.165, 1.54) is 20.2 Å². The summed E-state index contributed by atoms with van der Waals surface area (Å²) in [7, 11) is 1.20. The maximum Gasteiger partial charge on any atom is 0.350 e. The molecule has 18 heavy (non-hydrogen) atoms. The van der Waals surface area contributed by atoms with Gasteiger partial charge < -0.3 is 10.1 Å². The number of nitrogens with zero attached hydrogens (tertiary/aromatic N) is 1. The van der Waals surface area contributed by atoms with Gasteiger partial charge in [-0.2, -0.15) is 5.26 Å². The van der Waals surface area contributed by atoms with Crippen molar-refractivity contribution in [3.8, 4) is 6.07 Å². The van der Waals surface area contributed by atoms with E-state index in [4.69, 9.17) is 5.26 Å². The molecule has 0 saturated carbocycles. The van der Waals surface area contributed by atoms with Crippen LogP contribution in [0.1, 0.15) is 17.3 Å². The highest BCUT2D eigenvalue weighted by molar-refractivity contribution is 5.95. The molecule has 0 aliphatic rings. The highest BCUT2D eigenvalue weighted by Crippen LogP contribution is 2.11. The molecule has 0 spiro atoms. The largest absolute Gasteiger partial charge is 0.465 e. The number of nitrogens with one attached hydrogen (secondary N) is 1. The summed E-state index contributed by atoms with van der Waals surface area (Å²) in [6, 6.07) is 8.45. The third-order valence-electron chi connectivity index (χ3n) is 2.18. The number of carbonyl (C=O) groups excluding carboxylic acids is 2. The second kappa shape index (κ2) is 6.21. The van der Waals surface area contributed by atoms with Crippen LogP contribution in [0, 0.1) is 11.3 Å². The number of ketones is 1. The number of hydrogen-bond acceptors (Lipinski definition) is 5.